The molecule has 3 nitrogen and oxygen atoms in total. The second-order valence-electron chi connectivity index (χ2n) is 2.76. The molecule has 16 heavy (non-hydrogen) atoms. The minimum Gasteiger partial charge on any atom is -0.205 e. The zero-order valence-electron chi connectivity index (χ0n) is 8.04. The van der Waals surface area contributed by atoms with Gasteiger partial charge in [-0.3, -0.25) is 0 Å². The molecule has 0 amide bonds. The van der Waals surface area contributed by atoms with E-state index in [1.54, 1.807) is 0 Å². The average molecular weight is 258 g/mol. The first-order valence-corrected chi connectivity index (χ1v) is 5.05. The van der Waals surface area contributed by atoms with Crippen molar-refractivity contribution in [1.29, 1.82) is 0 Å². The van der Waals surface area contributed by atoms with Crippen LogP contribution in [0.25, 0.3) is 10.4 Å². The summed E-state index contributed by atoms with van der Waals surface area (Å²) in [5, 5.41) is 3.49. The van der Waals surface area contributed by atoms with Gasteiger partial charge in [-0.25, -0.2) is 4.39 Å². The number of benzene rings is 1. The van der Waals surface area contributed by atoms with E-state index in [4.69, 9.17) is 28.7 Å². The number of rotatable bonds is 2. The summed E-state index contributed by atoms with van der Waals surface area (Å²) in [4.78, 5) is 2.58. The Hall–Kier alpha value is -1.40. The summed E-state index contributed by atoms with van der Waals surface area (Å²) in [7, 11) is 0. The van der Waals surface area contributed by atoms with Crippen LogP contribution in [0, 0.1) is 17.7 Å². The van der Waals surface area contributed by atoms with Crippen LogP contribution in [0.3, 0.4) is 0 Å². The van der Waals surface area contributed by atoms with Gasteiger partial charge in [0.1, 0.15) is 5.82 Å². The molecule has 0 saturated heterocycles. The maximum Gasteiger partial charge on any atom is 0.144 e. The van der Waals surface area contributed by atoms with Gasteiger partial charge in [-0.15, -0.1) is 0 Å². The first kappa shape index (κ1) is 12.7. The molecule has 0 fully saturated rings. The summed E-state index contributed by atoms with van der Waals surface area (Å²) in [6.07, 6.45) is 0.383. The van der Waals surface area contributed by atoms with E-state index in [2.05, 4.69) is 21.9 Å². The van der Waals surface area contributed by atoms with Crippen LogP contribution >= 0.6 is 23.2 Å². The number of halogens is 3. The summed E-state index contributed by atoms with van der Waals surface area (Å²) in [5.74, 6) is 4.77. The predicted molar refractivity (Wildman–Crippen MR) is 61.9 cm³/mol. The third kappa shape index (κ3) is 3.63. The van der Waals surface area contributed by atoms with E-state index in [1.165, 1.54) is 6.07 Å². The molecule has 1 rings (SSSR count). The molecule has 0 aliphatic carbocycles. The third-order valence-corrected chi connectivity index (χ3v) is 2.22. The molecule has 0 radical (unpaired) electrons. The van der Waals surface area contributed by atoms with Gasteiger partial charge < -0.3 is 0 Å². The van der Waals surface area contributed by atoms with Crippen LogP contribution in [0.5, 0.6) is 0 Å². The van der Waals surface area contributed by atoms with Crippen molar-refractivity contribution in [2.24, 2.45) is 5.11 Å². The Morgan fingerprint density at radius 1 is 1.44 bits per heavy atom. The zero-order chi connectivity index (χ0) is 12.0. The van der Waals surface area contributed by atoms with Gasteiger partial charge in [-0.1, -0.05) is 40.2 Å². The Labute approximate surface area is 102 Å². The molecule has 0 atom stereocenters. The van der Waals surface area contributed by atoms with Crippen molar-refractivity contribution < 1.29 is 4.39 Å². The zero-order valence-corrected chi connectivity index (χ0v) is 9.56. The quantitative estimate of drug-likeness (QED) is 0.191. The summed E-state index contributed by atoms with van der Waals surface area (Å²) in [5.41, 5.74) is 8.35. The van der Waals surface area contributed by atoms with Gasteiger partial charge in [0.15, 0.2) is 0 Å². The van der Waals surface area contributed by atoms with Gasteiger partial charge in [-0.05, 0) is 17.7 Å². The van der Waals surface area contributed by atoms with Gasteiger partial charge in [0.05, 0.1) is 5.02 Å². The van der Waals surface area contributed by atoms with Crippen molar-refractivity contribution >= 4 is 23.2 Å². The highest BCUT2D eigenvalue weighted by Gasteiger charge is 2.05. The highest BCUT2D eigenvalue weighted by atomic mass is 35.5. The topological polar surface area (TPSA) is 48.8 Å². The van der Waals surface area contributed by atoms with E-state index in [0.29, 0.717) is 12.0 Å². The largest absolute Gasteiger partial charge is 0.205 e. The molecule has 0 unspecified atom stereocenters. The Bertz CT molecular complexity index is 499. The van der Waals surface area contributed by atoms with E-state index in [9.17, 15) is 4.39 Å². The molecule has 0 bridgehead atoms. The van der Waals surface area contributed by atoms with E-state index >= 15 is 0 Å². The van der Waals surface area contributed by atoms with Crippen LogP contribution < -0.4 is 0 Å². The Balaban J connectivity index is 2.84. The van der Waals surface area contributed by atoms with Crippen LogP contribution in [-0.4, -0.2) is 6.54 Å². The molecule has 0 aliphatic rings. The fourth-order valence-corrected chi connectivity index (χ4v) is 1.32. The second-order valence-corrected chi connectivity index (χ2v) is 3.57. The van der Waals surface area contributed by atoms with Gasteiger partial charge in [0.25, 0.3) is 0 Å². The fourth-order valence-electron chi connectivity index (χ4n) is 0.955. The normalized spacial score (nSPS) is 8.94. The van der Waals surface area contributed by atoms with Crippen molar-refractivity contribution in [3.8, 4) is 11.8 Å². The summed E-state index contributed by atoms with van der Waals surface area (Å²) < 4.78 is 13.1. The van der Waals surface area contributed by atoms with Crippen LogP contribution in [0.4, 0.5) is 4.39 Å². The van der Waals surface area contributed by atoms with Crippen LogP contribution in [0.2, 0.25) is 10.0 Å². The van der Waals surface area contributed by atoms with Crippen LogP contribution in [-0.2, 0) is 0 Å². The van der Waals surface area contributed by atoms with E-state index in [0.717, 1.165) is 6.07 Å². The fraction of sp³-hybridized carbons (Fsp3) is 0.200. The summed E-state index contributed by atoms with van der Waals surface area (Å²) in [6.45, 7) is 0.268. The highest BCUT2D eigenvalue weighted by Crippen LogP contribution is 2.23. The molecule has 0 aliphatic heterocycles. The van der Waals surface area contributed by atoms with Crippen LogP contribution in [0.15, 0.2) is 17.2 Å². The van der Waals surface area contributed by atoms with E-state index in [1.807, 2.05) is 0 Å². The minimum absolute atomic E-state index is 0.0549. The summed E-state index contributed by atoms with van der Waals surface area (Å²) >= 11 is 11.3. The number of azide groups is 1. The molecule has 0 spiro atoms. The van der Waals surface area contributed by atoms with Crippen molar-refractivity contribution in [2.75, 3.05) is 6.54 Å². The monoisotopic (exact) mass is 257 g/mol. The van der Waals surface area contributed by atoms with Crippen molar-refractivity contribution in [1.82, 2.24) is 0 Å². The number of hydrogen-bond donors (Lipinski definition) is 0. The minimum atomic E-state index is -0.603. The second kappa shape index (κ2) is 6.24. The van der Waals surface area contributed by atoms with Crippen molar-refractivity contribution in [3.05, 3.63) is 44.0 Å². The lowest BCUT2D eigenvalue weighted by Gasteiger charge is -1.98. The molecule has 0 aromatic heterocycles. The smallest absolute Gasteiger partial charge is 0.144 e. The molecule has 6 heteroatoms. The first-order valence-electron chi connectivity index (χ1n) is 4.29. The summed E-state index contributed by atoms with van der Waals surface area (Å²) in [6, 6.07) is 2.60. The molecular weight excluding hydrogens is 252 g/mol. The average Bonchev–Trinajstić information content (AvgIpc) is 2.24. The Morgan fingerprint density at radius 2 is 2.19 bits per heavy atom. The van der Waals surface area contributed by atoms with E-state index < -0.39 is 5.82 Å². The van der Waals surface area contributed by atoms with Gasteiger partial charge in [0, 0.05) is 28.5 Å². The molecule has 82 valence electrons. The van der Waals surface area contributed by atoms with Gasteiger partial charge in [-0.2, -0.15) is 0 Å². The first-order chi connectivity index (χ1) is 7.65. The van der Waals surface area contributed by atoms with Gasteiger partial charge >= 0.3 is 0 Å². The predicted octanol–water partition coefficient (Wildman–Crippen LogP) is 4.18. The molecule has 1 aromatic rings. The number of hydrogen-bond acceptors (Lipinski definition) is 1. The van der Waals surface area contributed by atoms with Crippen molar-refractivity contribution in [3.63, 3.8) is 0 Å². The lowest BCUT2D eigenvalue weighted by Crippen LogP contribution is -1.84. The lowest BCUT2D eigenvalue weighted by molar-refractivity contribution is 0.628. The lowest BCUT2D eigenvalue weighted by atomic mass is 10.2. The van der Waals surface area contributed by atoms with Crippen molar-refractivity contribution in [2.45, 2.75) is 6.42 Å². The standard InChI is InChI=1S/C10H6Cl2FN3/c11-8-5-7(10(12)9(13)6-8)3-1-2-4-15-16-14/h5-6H,2,4H2. The maximum atomic E-state index is 13.1. The van der Waals surface area contributed by atoms with Gasteiger partial charge in [0.2, 0.25) is 0 Å². The molecule has 0 saturated carbocycles. The molecule has 1 aromatic carbocycles. The highest BCUT2D eigenvalue weighted by molar-refractivity contribution is 6.34. The SMILES string of the molecule is [N-]=[N+]=NCCC#Cc1cc(Cl)cc(F)c1Cl. The Morgan fingerprint density at radius 3 is 2.88 bits per heavy atom. The maximum absolute atomic E-state index is 13.1. The van der Waals surface area contributed by atoms with Crippen LogP contribution in [0.1, 0.15) is 12.0 Å². The Kier molecular flexibility index (Phi) is 4.94. The molecular formula is C10H6Cl2FN3. The van der Waals surface area contributed by atoms with E-state index in [-0.39, 0.29) is 16.6 Å². The number of nitrogens with zero attached hydrogens (tertiary/aromatic N) is 3. The molecule has 0 heterocycles. The third-order valence-electron chi connectivity index (χ3n) is 1.62. The molecule has 0 N–H and O–H groups in total.